The maximum atomic E-state index is 12.4. The minimum Gasteiger partial charge on any atom is -0.496 e. The lowest BCUT2D eigenvalue weighted by Gasteiger charge is -2.11. The quantitative estimate of drug-likeness (QED) is 0.827. The molecule has 0 aromatic heterocycles. The number of anilines is 1. The average Bonchev–Trinajstić information content (AvgIpc) is 2.60. The van der Waals surface area contributed by atoms with Gasteiger partial charge in [-0.05, 0) is 42.7 Å². The average molecular weight is 330 g/mol. The molecule has 0 saturated heterocycles. The molecule has 0 saturated carbocycles. The van der Waals surface area contributed by atoms with E-state index in [-0.39, 0.29) is 11.8 Å². The van der Waals surface area contributed by atoms with Gasteiger partial charge in [0.05, 0.1) is 12.7 Å². The number of thioether (sulfide) groups is 1. The first-order valence-corrected chi connectivity index (χ1v) is 8.17. The Hall–Kier alpha value is -2.47. The smallest absolute Gasteiger partial charge is 0.259 e. The zero-order valence-electron chi connectivity index (χ0n) is 13.2. The van der Waals surface area contributed by atoms with E-state index in [9.17, 15) is 9.59 Å². The van der Waals surface area contributed by atoms with E-state index in [1.54, 1.807) is 49.1 Å². The topological polar surface area (TPSA) is 67.4 Å². The highest BCUT2D eigenvalue weighted by Gasteiger charge is 2.14. The summed E-state index contributed by atoms with van der Waals surface area (Å²) in [4.78, 5) is 25.1. The molecule has 0 radical (unpaired) electrons. The molecule has 0 unspecified atom stereocenters. The fourth-order valence-corrected chi connectivity index (χ4v) is 2.50. The maximum absolute atomic E-state index is 12.4. The van der Waals surface area contributed by atoms with Crippen LogP contribution in [0.4, 0.5) is 5.69 Å². The van der Waals surface area contributed by atoms with E-state index in [0.717, 1.165) is 4.90 Å². The molecule has 0 bridgehead atoms. The Morgan fingerprint density at radius 1 is 1.09 bits per heavy atom. The zero-order valence-corrected chi connectivity index (χ0v) is 14.0. The summed E-state index contributed by atoms with van der Waals surface area (Å²) < 4.78 is 5.29. The first-order chi connectivity index (χ1) is 11.1. The molecule has 2 N–H and O–H groups in total. The van der Waals surface area contributed by atoms with E-state index in [0.29, 0.717) is 22.6 Å². The molecule has 6 heteroatoms. The van der Waals surface area contributed by atoms with Gasteiger partial charge in [-0.25, -0.2) is 0 Å². The van der Waals surface area contributed by atoms with Crippen LogP contribution >= 0.6 is 11.8 Å². The Kier molecular flexibility index (Phi) is 5.65. The molecule has 0 aliphatic carbocycles. The number of carbonyl (C=O) groups excluding carboxylic acids is 2. The second-order valence-electron chi connectivity index (χ2n) is 4.68. The van der Waals surface area contributed by atoms with Crippen LogP contribution < -0.4 is 15.4 Å². The summed E-state index contributed by atoms with van der Waals surface area (Å²) in [6.45, 7) is 0. The van der Waals surface area contributed by atoms with E-state index < -0.39 is 0 Å². The van der Waals surface area contributed by atoms with Gasteiger partial charge in [0.1, 0.15) is 5.75 Å². The molecule has 2 aromatic carbocycles. The van der Waals surface area contributed by atoms with Crippen molar-refractivity contribution in [3.05, 3.63) is 53.6 Å². The highest BCUT2D eigenvalue weighted by Crippen LogP contribution is 2.26. The number of ether oxygens (including phenoxy) is 1. The second kappa shape index (κ2) is 7.69. The molecular weight excluding hydrogens is 312 g/mol. The fraction of sp³-hybridized carbons (Fsp3) is 0.176. The van der Waals surface area contributed by atoms with Crippen LogP contribution in [0.25, 0.3) is 0 Å². The van der Waals surface area contributed by atoms with Crippen LogP contribution in [0.5, 0.6) is 5.75 Å². The number of amides is 2. The third-order valence-electron chi connectivity index (χ3n) is 3.26. The van der Waals surface area contributed by atoms with Crippen LogP contribution in [0.1, 0.15) is 20.7 Å². The number of hydrogen-bond acceptors (Lipinski definition) is 4. The molecular formula is C17H18N2O3S. The van der Waals surface area contributed by atoms with Gasteiger partial charge < -0.3 is 15.4 Å². The predicted molar refractivity (Wildman–Crippen MR) is 92.6 cm³/mol. The lowest BCUT2D eigenvalue weighted by Crippen LogP contribution is -2.18. The van der Waals surface area contributed by atoms with Crippen LogP contribution in [0.3, 0.4) is 0 Å². The van der Waals surface area contributed by atoms with Crippen LogP contribution in [-0.4, -0.2) is 32.2 Å². The molecule has 5 nitrogen and oxygen atoms in total. The minimum atomic E-state index is -0.288. The SMILES string of the molecule is CNC(=O)c1cccc(NC(=O)c2ccc(SC)cc2OC)c1. The highest BCUT2D eigenvalue weighted by molar-refractivity contribution is 7.98. The molecule has 2 aromatic rings. The van der Waals surface area contributed by atoms with E-state index >= 15 is 0 Å². The molecule has 2 rings (SSSR count). The number of methoxy groups -OCH3 is 1. The third kappa shape index (κ3) is 4.04. The second-order valence-corrected chi connectivity index (χ2v) is 5.56. The van der Waals surface area contributed by atoms with Gasteiger partial charge in [0.2, 0.25) is 0 Å². The Morgan fingerprint density at radius 2 is 1.87 bits per heavy atom. The molecule has 120 valence electrons. The van der Waals surface area contributed by atoms with Crippen molar-refractivity contribution < 1.29 is 14.3 Å². The molecule has 2 amide bonds. The van der Waals surface area contributed by atoms with Crippen molar-refractivity contribution in [2.75, 3.05) is 25.7 Å². The van der Waals surface area contributed by atoms with Gasteiger partial charge in [0.15, 0.2) is 0 Å². The van der Waals surface area contributed by atoms with Gasteiger partial charge in [-0.1, -0.05) is 6.07 Å². The van der Waals surface area contributed by atoms with Crippen LogP contribution in [0, 0.1) is 0 Å². The van der Waals surface area contributed by atoms with Gasteiger partial charge in [0, 0.05) is 23.2 Å². The first-order valence-electron chi connectivity index (χ1n) is 6.94. The lowest BCUT2D eigenvalue weighted by atomic mass is 10.1. The lowest BCUT2D eigenvalue weighted by molar-refractivity contribution is 0.0961. The van der Waals surface area contributed by atoms with Crippen LogP contribution in [0.15, 0.2) is 47.4 Å². The van der Waals surface area contributed by atoms with Crippen molar-refractivity contribution in [1.29, 1.82) is 0 Å². The van der Waals surface area contributed by atoms with E-state index in [2.05, 4.69) is 10.6 Å². The third-order valence-corrected chi connectivity index (χ3v) is 3.99. The fourth-order valence-electron chi connectivity index (χ4n) is 2.07. The number of nitrogens with one attached hydrogen (secondary N) is 2. The molecule has 0 fully saturated rings. The number of hydrogen-bond donors (Lipinski definition) is 2. The Balaban J connectivity index is 2.24. The van der Waals surface area contributed by atoms with E-state index in [1.807, 2.05) is 18.4 Å². The van der Waals surface area contributed by atoms with Crippen molar-refractivity contribution >= 4 is 29.3 Å². The highest BCUT2D eigenvalue weighted by atomic mass is 32.2. The van der Waals surface area contributed by atoms with Gasteiger partial charge in [-0.2, -0.15) is 0 Å². The first kappa shape index (κ1) is 16.9. The standard InChI is InChI=1S/C17H18N2O3S/c1-18-16(20)11-5-4-6-12(9-11)19-17(21)14-8-7-13(23-3)10-15(14)22-2/h4-10H,1-3H3,(H,18,20)(H,19,21). The summed E-state index contributed by atoms with van der Waals surface area (Å²) in [6.07, 6.45) is 1.96. The van der Waals surface area contributed by atoms with Crippen molar-refractivity contribution in [3.63, 3.8) is 0 Å². The predicted octanol–water partition coefficient (Wildman–Crippen LogP) is 3.03. The van der Waals surface area contributed by atoms with Gasteiger partial charge in [0.25, 0.3) is 11.8 Å². The van der Waals surface area contributed by atoms with Crippen molar-refractivity contribution in [2.24, 2.45) is 0 Å². The summed E-state index contributed by atoms with van der Waals surface area (Å²) >= 11 is 1.57. The van der Waals surface area contributed by atoms with Crippen LogP contribution in [0.2, 0.25) is 0 Å². The zero-order chi connectivity index (χ0) is 16.8. The molecule has 0 aliphatic heterocycles. The van der Waals surface area contributed by atoms with Crippen molar-refractivity contribution in [1.82, 2.24) is 5.32 Å². The molecule has 23 heavy (non-hydrogen) atoms. The number of carbonyl (C=O) groups is 2. The van der Waals surface area contributed by atoms with E-state index in [1.165, 1.54) is 7.11 Å². The molecule has 0 spiro atoms. The molecule has 0 atom stereocenters. The largest absolute Gasteiger partial charge is 0.496 e. The summed E-state index contributed by atoms with van der Waals surface area (Å²) in [5.74, 6) is 0.0170. The van der Waals surface area contributed by atoms with Gasteiger partial charge in [-0.3, -0.25) is 9.59 Å². The summed E-state index contributed by atoms with van der Waals surface area (Å²) in [6, 6.07) is 12.2. The van der Waals surface area contributed by atoms with Crippen molar-refractivity contribution in [3.8, 4) is 5.75 Å². The Morgan fingerprint density at radius 3 is 2.52 bits per heavy atom. The monoisotopic (exact) mass is 330 g/mol. The summed E-state index contributed by atoms with van der Waals surface area (Å²) in [7, 11) is 3.09. The van der Waals surface area contributed by atoms with Gasteiger partial charge in [-0.15, -0.1) is 11.8 Å². The van der Waals surface area contributed by atoms with E-state index in [4.69, 9.17) is 4.74 Å². The number of benzene rings is 2. The summed E-state index contributed by atoms with van der Waals surface area (Å²) in [5.41, 5.74) is 1.47. The van der Waals surface area contributed by atoms with Gasteiger partial charge >= 0.3 is 0 Å². The minimum absolute atomic E-state index is 0.206. The molecule has 0 aliphatic rings. The molecule has 0 heterocycles. The summed E-state index contributed by atoms with van der Waals surface area (Å²) in [5, 5.41) is 5.33. The Bertz CT molecular complexity index is 732. The normalized spacial score (nSPS) is 10.0. The number of rotatable bonds is 5. The maximum Gasteiger partial charge on any atom is 0.259 e. The van der Waals surface area contributed by atoms with Crippen molar-refractivity contribution in [2.45, 2.75) is 4.90 Å². The Labute approximate surface area is 139 Å². The van der Waals surface area contributed by atoms with Crippen LogP contribution in [-0.2, 0) is 0 Å².